The van der Waals surface area contributed by atoms with Gasteiger partial charge in [-0.05, 0) is 37.3 Å². The Morgan fingerprint density at radius 2 is 2.00 bits per heavy atom. The van der Waals surface area contributed by atoms with Gasteiger partial charge in [-0.25, -0.2) is 4.79 Å². The van der Waals surface area contributed by atoms with Crippen LogP contribution in [-0.4, -0.2) is 17.3 Å². The monoisotopic (exact) mass is 314 g/mol. The Kier molecular flexibility index (Phi) is 4.02. The van der Waals surface area contributed by atoms with E-state index in [1.807, 2.05) is 19.1 Å². The molecule has 6 heteroatoms. The van der Waals surface area contributed by atoms with Crippen molar-refractivity contribution in [3.05, 3.63) is 48.5 Å². The Morgan fingerprint density at radius 3 is 2.77 bits per heavy atom. The van der Waals surface area contributed by atoms with E-state index in [0.29, 0.717) is 17.1 Å². The SMILES string of the molecule is CC1Sc2ccc(NC(=O)Oc3ccccc3)cc2NC1=O. The molecule has 0 saturated carbocycles. The number of benzene rings is 2. The number of carbonyl (C=O) groups excluding carboxylic acids is 2. The van der Waals surface area contributed by atoms with Gasteiger partial charge < -0.3 is 10.1 Å². The minimum atomic E-state index is -0.575. The lowest BCUT2D eigenvalue weighted by Crippen LogP contribution is -2.26. The van der Waals surface area contributed by atoms with E-state index in [4.69, 9.17) is 4.74 Å². The molecule has 0 aliphatic carbocycles. The van der Waals surface area contributed by atoms with Gasteiger partial charge in [0.15, 0.2) is 0 Å². The molecule has 0 bridgehead atoms. The molecule has 2 aromatic carbocycles. The van der Waals surface area contributed by atoms with Crippen molar-refractivity contribution in [3.8, 4) is 5.75 Å². The van der Waals surface area contributed by atoms with Crippen molar-refractivity contribution in [3.63, 3.8) is 0 Å². The molecule has 0 saturated heterocycles. The van der Waals surface area contributed by atoms with E-state index < -0.39 is 6.09 Å². The van der Waals surface area contributed by atoms with E-state index in [2.05, 4.69) is 10.6 Å². The molecule has 2 N–H and O–H groups in total. The fourth-order valence-corrected chi connectivity index (χ4v) is 2.96. The third-order valence-corrected chi connectivity index (χ3v) is 4.29. The molecule has 1 heterocycles. The highest BCUT2D eigenvalue weighted by molar-refractivity contribution is 8.00. The highest BCUT2D eigenvalue weighted by Gasteiger charge is 2.23. The zero-order chi connectivity index (χ0) is 15.5. The van der Waals surface area contributed by atoms with Crippen LogP contribution in [0.3, 0.4) is 0 Å². The number of carbonyl (C=O) groups is 2. The molecular weight excluding hydrogens is 300 g/mol. The van der Waals surface area contributed by atoms with Crippen molar-refractivity contribution in [2.24, 2.45) is 0 Å². The molecule has 5 nitrogen and oxygen atoms in total. The molecule has 0 aromatic heterocycles. The summed E-state index contributed by atoms with van der Waals surface area (Å²) < 4.78 is 5.16. The Balaban J connectivity index is 1.70. The number of anilines is 2. The number of amides is 2. The quantitative estimate of drug-likeness (QED) is 0.886. The van der Waals surface area contributed by atoms with Gasteiger partial charge in [-0.1, -0.05) is 18.2 Å². The van der Waals surface area contributed by atoms with Crippen molar-refractivity contribution in [1.82, 2.24) is 0 Å². The topological polar surface area (TPSA) is 67.4 Å². The lowest BCUT2D eigenvalue weighted by molar-refractivity contribution is -0.115. The fraction of sp³-hybridized carbons (Fsp3) is 0.125. The second kappa shape index (κ2) is 6.11. The number of fused-ring (bicyclic) bond motifs is 1. The van der Waals surface area contributed by atoms with Crippen LogP contribution in [-0.2, 0) is 4.79 Å². The van der Waals surface area contributed by atoms with Crippen LogP contribution in [0.2, 0.25) is 0 Å². The molecule has 1 atom stereocenters. The first-order valence-electron chi connectivity index (χ1n) is 6.77. The summed E-state index contributed by atoms with van der Waals surface area (Å²) in [5.41, 5.74) is 1.26. The molecule has 22 heavy (non-hydrogen) atoms. The molecule has 1 unspecified atom stereocenters. The molecule has 112 valence electrons. The molecule has 1 aliphatic heterocycles. The maximum atomic E-state index is 11.8. The first-order valence-corrected chi connectivity index (χ1v) is 7.65. The largest absolute Gasteiger partial charge is 0.417 e. The van der Waals surface area contributed by atoms with Crippen LogP contribution < -0.4 is 15.4 Å². The maximum Gasteiger partial charge on any atom is 0.417 e. The average Bonchev–Trinajstić information content (AvgIpc) is 2.49. The first-order chi connectivity index (χ1) is 10.6. The minimum absolute atomic E-state index is 0.0403. The first kappa shape index (κ1) is 14.5. The van der Waals surface area contributed by atoms with Gasteiger partial charge in [0.2, 0.25) is 5.91 Å². The smallest absolute Gasteiger partial charge is 0.410 e. The second-order valence-corrected chi connectivity index (χ2v) is 6.17. The number of hydrogen-bond donors (Lipinski definition) is 2. The Labute approximate surface area is 132 Å². The van der Waals surface area contributed by atoms with Crippen molar-refractivity contribution in [2.45, 2.75) is 17.1 Å². The molecule has 0 spiro atoms. The lowest BCUT2D eigenvalue weighted by atomic mass is 10.2. The van der Waals surface area contributed by atoms with Crippen LogP contribution in [0.1, 0.15) is 6.92 Å². The van der Waals surface area contributed by atoms with Gasteiger partial charge in [-0.15, -0.1) is 11.8 Å². The summed E-state index contributed by atoms with van der Waals surface area (Å²) in [4.78, 5) is 24.5. The predicted molar refractivity (Wildman–Crippen MR) is 86.5 cm³/mol. The summed E-state index contributed by atoms with van der Waals surface area (Å²) in [5.74, 6) is 0.428. The van der Waals surface area contributed by atoms with Gasteiger partial charge >= 0.3 is 6.09 Å². The van der Waals surface area contributed by atoms with Gasteiger partial charge in [0.1, 0.15) is 5.75 Å². The van der Waals surface area contributed by atoms with E-state index in [1.54, 1.807) is 36.4 Å². The van der Waals surface area contributed by atoms with Crippen LogP contribution in [0.4, 0.5) is 16.2 Å². The van der Waals surface area contributed by atoms with E-state index in [-0.39, 0.29) is 11.2 Å². The molecule has 1 aliphatic rings. The number of thioether (sulfide) groups is 1. The summed E-state index contributed by atoms with van der Waals surface area (Å²) in [6, 6.07) is 14.2. The molecule has 2 amide bonds. The summed E-state index contributed by atoms with van der Waals surface area (Å²) >= 11 is 1.49. The van der Waals surface area contributed by atoms with Crippen molar-refractivity contribution >= 4 is 35.1 Å². The van der Waals surface area contributed by atoms with Gasteiger partial charge in [-0.2, -0.15) is 0 Å². The third kappa shape index (κ3) is 3.23. The zero-order valence-corrected chi connectivity index (χ0v) is 12.6. The van der Waals surface area contributed by atoms with E-state index in [9.17, 15) is 9.59 Å². The number of nitrogens with one attached hydrogen (secondary N) is 2. The van der Waals surface area contributed by atoms with Crippen LogP contribution >= 0.6 is 11.8 Å². The zero-order valence-electron chi connectivity index (χ0n) is 11.8. The van der Waals surface area contributed by atoms with Gasteiger partial charge in [0.05, 0.1) is 10.9 Å². The van der Waals surface area contributed by atoms with E-state index in [1.165, 1.54) is 11.8 Å². The minimum Gasteiger partial charge on any atom is -0.410 e. The Bertz CT molecular complexity index is 719. The average molecular weight is 314 g/mol. The summed E-state index contributed by atoms with van der Waals surface area (Å²) in [7, 11) is 0. The number of ether oxygens (including phenoxy) is 1. The predicted octanol–water partition coefficient (Wildman–Crippen LogP) is 3.73. The van der Waals surface area contributed by atoms with Crippen LogP contribution in [0.5, 0.6) is 5.75 Å². The van der Waals surface area contributed by atoms with Crippen molar-refractivity contribution in [2.75, 3.05) is 10.6 Å². The highest BCUT2D eigenvalue weighted by Crippen LogP contribution is 2.36. The Morgan fingerprint density at radius 1 is 1.23 bits per heavy atom. The summed E-state index contributed by atoms with van der Waals surface area (Å²) in [6.07, 6.45) is -0.575. The fourth-order valence-electron chi connectivity index (χ4n) is 2.03. The molecule has 0 fully saturated rings. The number of hydrogen-bond acceptors (Lipinski definition) is 4. The summed E-state index contributed by atoms with van der Waals surface area (Å²) in [6.45, 7) is 1.85. The van der Waals surface area contributed by atoms with Gasteiger partial charge in [0.25, 0.3) is 0 Å². The van der Waals surface area contributed by atoms with E-state index >= 15 is 0 Å². The number of rotatable bonds is 2. The van der Waals surface area contributed by atoms with Crippen LogP contribution in [0.25, 0.3) is 0 Å². The number of para-hydroxylation sites is 1. The summed E-state index contributed by atoms with van der Waals surface area (Å²) in [5, 5.41) is 5.35. The maximum absolute atomic E-state index is 11.8. The molecular formula is C16H14N2O3S. The van der Waals surface area contributed by atoms with Gasteiger partial charge in [-0.3, -0.25) is 10.1 Å². The third-order valence-electron chi connectivity index (χ3n) is 3.11. The van der Waals surface area contributed by atoms with Gasteiger partial charge in [0, 0.05) is 10.6 Å². The van der Waals surface area contributed by atoms with Crippen molar-refractivity contribution < 1.29 is 14.3 Å². The normalized spacial score (nSPS) is 16.4. The molecule has 0 radical (unpaired) electrons. The van der Waals surface area contributed by atoms with Crippen LogP contribution in [0.15, 0.2) is 53.4 Å². The highest BCUT2D eigenvalue weighted by atomic mass is 32.2. The van der Waals surface area contributed by atoms with E-state index in [0.717, 1.165) is 4.90 Å². The molecule has 2 aromatic rings. The Hall–Kier alpha value is -2.47. The standard InChI is InChI=1S/C16H14N2O3S/c1-10-15(19)18-13-9-11(7-8-14(13)22-10)17-16(20)21-12-5-3-2-4-6-12/h2-10H,1H3,(H,17,20)(H,18,19). The van der Waals surface area contributed by atoms with Crippen LogP contribution in [0, 0.1) is 0 Å². The lowest BCUT2D eigenvalue weighted by Gasteiger charge is -2.21. The molecule has 3 rings (SSSR count). The second-order valence-electron chi connectivity index (χ2n) is 4.79. The van der Waals surface area contributed by atoms with Crippen molar-refractivity contribution in [1.29, 1.82) is 0 Å².